The number of Topliss-reactive ketones (excluding diaryl/α,β-unsaturated/α-hetero) is 1. The van der Waals surface area contributed by atoms with Crippen LogP contribution in [0, 0.1) is 0 Å². The quantitative estimate of drug-likeness (QED) is 0.724. The summed E-state index contributed by atoms with van der Waals surface area (Å²) in [6, 6.07) is 15.0. The van der Waals surface area contributed by atoms with Crippen molar-refractivity contribution in [3.05, 3.63) is 54.6 Å². The zero-order valence-electron chi connectivity index (χ0n) is 16.1. The van der Waals surface area contributed by atoms with Gasteiger partial charge in [-0.15, -0.1) is 0 Å². The van der Waals surface area contributed by atoms with Gasteiger partial charge in [-0.2, -0.15) is 5.10 Å². The number of rotatable bonds is 7. The van der Waals surface area contributed by atoms with E-state index in [1.54, 1.807) is 36.2 Å². The van der Waals surface area contributed by atoms with Crippen LogP contribution in [0.3, 0.4) is 0 Å². The Kier molecular flexibility index (Phi) is 5.97. The third-order valence-corrected chi connectivity index (χ3v) is 5.77. The normalized spacial score (nSPS) is 16.3. The summed E-state index contributed by atoms with van der Waals surface area (Å²) in [5, 5.41) is 8.66. The molecular formula is C20H22N4O4S. The van der Waals surface area contributed by atoms with E-state index in [2.05, 4.69) is 15.1 Å². The maximum absolute atomic E-state index is 12.6. The van der Waals surface area contributed by atoms with Crippen molar-refractivity contribution in [2.45, 2.75) is 26.3 Å². The van der Waals surface area contributed by atoms with E-state index in [1.807, 2.05) is 30.3 Å². The minimum absolute atomic E-state index is 0.0272. The second-order valence-electron chi connectivity index (χ2n) is 6.59. The smallest absolute Gasteiger partial charge is 0.271 e. The van der Waals surface area contributed by atoms with E-state index in [0.29, 0.717) is 11.4 Å². The first-order valence-electron chi connectivity index (χ1n) is 9.13. The van der Waals surface area contributed by atoms with Gasteiger partial charge in [-0.25, -0.2) is 8.42 Å². The number of benzene rings is 2. The molecular weight excluding hydrogens is 392 g/mol. The number of hydrogen-bond acceptors (Lipinski definition) is 6. The van der Waals surface area contributed by atoms with Crippen molar-refractivity contribution in [1.82, 2.24) is 0 Å². The van der Waals surface area contributed by atoms with Crippen LogP contribution in [0.25, 0.3) is 0 Å². The molecule has 9 heteroatoms. The van der Waals surface area contributed by atoms with E-state index in [4.69, 9.17) is 0 Å². The zero-order valence-corrected chi connectivity index (χ0v) is 16.9. The Morgan fingerprint density at radius 2 is 1.69 bits per heavy atom. The molecule has 0 aromatic heterocycles. The van der Waals surface area contributed by atoms with Crippen LogP contribution < -0.4 is 15.0 Å². The van der Waals surface area contributed by atoms with Crippen molar-refractivity contribution in [2.75, 3.05) is 20.8 Å². The minimum atomic E-state index is -3.36. The second kappa shape index (κ2) is 8.44. The number of hydrazone groups is 1. The average Bonchev–Trinajstić information content (AvgIpc) is 3.16. The molecule has 1 aliphatic heterocycles. The molecule has 0 saturated carbocycles. The van der Waals surface area contributed by atoms with Gasteiger partial charge < -0.3 is 5.32 Å². The second-order valence-corrected chi connectivity index (χ2v) is 8.61. The van der Waals surface area contributed by atoms with Gasteiger partial charge in [0.1, 0.15) is 11.8 Å². The Bertz CT molecular complexity index is 1030. The Balaban J connectivity index is 1.72. The molecule has 3 rings (SSSR count). The molecule has 152 valence electrons. The number of para-hydroxylation sites is 1. The van der Waals surface area contributed by atoms with E-state index < -0.39 is 22.0 Å². The van der Waals surface area contributed by atoms with E-state index in [9.17, 15) is 18.0 Å². The summed E-state index contributed by atoms with van der Waals surface area (Å²) in [6.45, 7) is 3.03. The molecule has 0 aliphatic carbocycles. The molecule has 1 unspecified atom stereocenters. The Morgan fingerprint density at radius 1 is 1.07 bits per heavy atom. The fraction of sp³-hybridized carbons (Fsp3) is 0.250. The number of ketones is 1. The van der Waals surface area contributed by atoms with Gasteiger partial charge in [-0.1, -0.05) is 18.2 Å². The topological polar surface area (TPSA) is 108 Å². The molecule has 8 nitrogen and oxygen atoms in total. The monoisotopic (exact) mass is 414 g/mol. The van der Waals surface area contributed by atoms with Crippen molar-refractivity contribution in [1.29, 1.82) is 0 Å². The van der Waals surface area contributed by atoms with Crippen molar-refractivity contribution in [3.8, 4) is 0 Å². The van der Waals surface area contributed by atoms with Gasteiger partial charge in [-0.05, 0) is 50.2 Å². The van der Waals surface area contributed by atoms with Crippen LogP contribution in [-0.4, -0.2) is 37.6 Å². The number of anilines is 3. The van der Waals surface area contributed by atoms with Gasteiger partial charge in [-0.3, -0.25) is 19.3 Å². The average molecular weight is 414 g/mol. The Morgan fingerprint density at radius 3 is 2.28 bits per heavy atom. The largest absolute Gasteiger partial charge is 0.321 e. The fourth-order valence-electron chi connectivity index (χ4n) is 2.86. The van der Waals surface area contributed by atoms with Crippen molar-refractivity contribution in [3.63, 3.8) is 0 Å². The summed E-state index contributed by atoms with van der Waals surface area (Å²) >= 11 is 0. The third kappa shape index (κ3) is 5.00. The lowest BCUT2D eigenvalue weighted by Gasteiger charge is -2.20. The molecule has 0 saturated heterocycles. The molecule has 2 aromatic rings. The lowest BCUT2D eigenvalue weighted by atomic mass is 10.1. The van der Waals surface area contributed by atoms with Gasteiger partial charge >= 0.3 is 0 Å². The summed E-state index contributed by atoms with van der Waals surface area (Å²) in [7, 11) is -3.36. The SMILES string of the molecule is CCS(=O)(=O)Nc1ccc(NC(=O)C2=NN(c3ccccc3)C(C(C)=O)C2)cc1. The number of carbonyl (C=O) groups excluding carboxylic acids is 2. The first-order valence-corrected chi connectivity index (χ1v) is 10.8. The molecule has 1 amide bonds. The first kappa shape index (κ1) is 20.5. The first-order chi connectivity index (χ1) is 13.8. The summed E-state index contributed by atoms with van der Waals surface area (Å²) in [4.78, 5) is 24.7. The molecule has 2 N–H and O–H groups in total. The van der Waals surface area contributed by atoms with E-state index in [0.717, 1.165) is 5.69 Å². The lowest BCUT2D eigenvalue weighted by molar-refractivity contribution is -0.118. The number of amides is 1. The number of nitrogens with zero attached hydrogens (tertiary/aromatic N) is 2. The molecule has 2 aromatic carbocycles. The van der Waals surface area contributed by atoms with E-state index in [-0.39, 0.29) is 23.7 Å². The highest BCUT2D eigenvalue weighted by Crippen LogP contribution is 2.25. The summed E-state index contributed by atoms with van der Waals surface area (Å²) in [6.07, 6.45) is 0.213. The Hall–Kier alpha value is -3.20. The van der Waals surface area contributed by atoms with Crippen LogP contribution in [0.4, 0.5) is 17.1 Å². The van der Waals surface area contributed by atoms with Gasteiger partial charge in [0.15, 0.2) is 5.78 Å². The summed E-state index contributed by atoms with van der Waals surface area (Å²) in [5.74, 6) is -0.509. The number of carbonyl (C=O) groups is 2. The molecule has 0 radical (unpaired) electrons. The van der Waals surface area contributed by atoms with Crippen molar-refractivity contribution in [2.24, 2.45) is 5.10 Å². The minimum Gasteiger partial charge on any atom is -0.321 e. The third-order valence-electron chi connectivity index (χ3n) is 4.46. The van der Waals surface area contributed by atoms with Crippen LogP contribution in [0.5, 0.6) is 0 Å². The number of nitrogens with one attached hydrogen (secondary N) is 2. The molecule has 0 spiro atoms. The highest BCUT2D eigenvalue weighted by molar-refractivity contribution is 7.92. The molecule has 0 fully saturated rings. The van der Waals surface area contributed by atoms with Gasteiger partial charge in [0.05, 0.1) is 11.4 Å². The maximum atomic E-state index is 12.6. The fourth-order valence-corrected chi connectivity index (χ4v) is 3.50. The van der Waals surface area contributed by atoms with E-state index >= 15 is 0 Å². The number of sulfonamides is 1. The van der Waals surface area contributed by atoms with Gasteiger partial charge in [0.25, 0.3) is 5.91 Å². The maximum Gasteiger partial charge on any atom is 0.271 e. The standard InChI is InChI=1S/C20H22N4O4S/c1-3-29(27,28)23-16-11-9-15(10-12-16)21-20(26)18-13-19(14(2)25)24(22-18)17-7-5-4-6-8-17/h4-12,19,23H,3,13H2,1-2H3,(H,21,26). The summed E-state index contributed by atoms with van der Waals surface area (Å²) < 4.78 is 25.7. The molecule has 1 atom stereocenters. The van der Waals surface area contributed by atoms with Gasteiger partial charge in [0, 0.05) is 17.8 Å². The van der Waals surface area contributed by atoms with Crippen molar-refractivity contribution < 1.29 is 18.0 Å². The molecule has 1 heterocycles. The molecule has 29 heavy (non-hydrogen) atoms. The van der Waals surface area contributed by atoms with Crippen LogP contribution in [0.1, 0.15) is 20.3 Å². The highest BCUT2D eigenvalue weighted by Gasteiger charge is 2.34. The predicted molar refractivity (Wildman–Crippen MR) is 114 cm³/mol. The lowest BCUT2D eigenvalue weighted by Crippen LogP contribution is -2.33. The molecule has 1 aliphatic rings. The van der Waals surface area contributed by atoms with Crippen LogP contribution in [0.15, 0.2) is 59.7 Å². The van der Waals surface area contributed by atoms with E-state index in [1.165, 1.54) is 6.92 Å². The van der Waals surface area contributed by atoms with Crippen molar-refractivity contribution >= 4 is 44.5 Å². The predicted octanol–water partition coefficient (Wildman–Crippen LogP) is 2.61. The van der Waals surface area contributed by atoms with Gasteiger partial charge in [0.2, 0.25) is 10.0 Å². The Labute approximate surface area is 169 Å². The molecule has 0 bridgehead atoms. The number of hydrogen-bond donors (Lipinski definition) is 2. The van der Waals surface area contributed by atoms with Crippen LogP contribution in [-0.2, 0) is 19.6 Å². The summed E-state index contributed by atoms with van der Waals surface area (Å²) in [5.41, 5.74) is 1.90. The zero-order chi connectivity index (χ0) is 21.0. The van der Waals surface area contributed by atoms with Crippen LogP contribution >= 0.6 is 0 Å². The highest BCUT2D eigenvalue weighted by atomic mass is 32.2. The van der Waals surface area contributed by atoms with Crippen LogP contribution in [0.2, 0.25) is 0 Å².